The van der Waals surface area contributed by atoms with Crippen LogP contribution in [0.5, 0.6) is 0 Å². The third-order valence-electron chi connectivity index (χ3n) is 6.20. The normalized spacial score (nSPS) is 13.9. The van der Waals surface area contributed by atoms with Gasteiger partial charge in [-0.2, -0.15) is 17.7 Å². The Bertz CT molecular complexity index is 1480. The maximum absolute atomic E-state index is 13.2. The first kappa shape index (κ1) is 22.0. The van der Waals surface area contributed by atoms with Crippen LogP contribution < -0.4 is 10.5 Å². The number of rotatable bonds is 2. The molecule has 0 aromatic carbocycles. The Labute approximate surface area is 192 Å². The van der Waals surface area contributed by atoms with E-state index in [1.54, 1.807) is 13.8 Å². The van der Waals surface area contributed by atoms with Crippen LogP contribution in [0.3, 0.4) is 0 Å². The van der Waals surface area contributed by atoms with Crippen LogP contribution in [0.25, 0.3) is 16.8 Å². The van der Waals surface area contributed by atoms with Crippen molar-refractivity contribution < 1.29 is 13.2 Å². The highest BCUT2D eigenvalue weighted by Gasteiger charge is 2.34. The molecule has 7 nitrogen and oxygen atoms in total. The van der Waals surface area contributed by atoms with E-state index in [9.17, 15) is 18.0 Å². The number of pyridine rings is 2. The zero-order valence-corrected chi connectivity index (χ0v) is 18.8. The molecule has 0 aliphatic carbocycles. The Morgan fingerprint density at radius 1 is 0.971 bits per heavy atom. The van der Waals surface area contributed by atoms with Crippen molar-refractivity contribution in [1.82, 2.24) is 24.6 Å². The standard InChI is InChI=1S/C24H21F3N6O/c1-13-4-5-16(10-28-13)17-8-18-12-32(7-6-19(18)29-11-17)23-15(3)14(2)22-30-20(24(25,26)27)9-21(34)33(22)31-23/h4-5,8-11H,6-7,12H2,1-3H3. The number of hydrogen-bond acceptors (Lipinski definition) is 6. The van der Waals surface area contributed by atoms with E-state index in [1.165, 1.54) is 0 Å². The zero-order chi connectivity index (χ0) is 24.2. The molecule has 10 heteroatoms. The second kappa shape index (κ2) is 7.89. The van der Waals surface area contributed by atoms with Crippen LogP contribution in [0.2, 0.25) is 0 Å². The van der Waals surface area contributed by atoms with Crippen LogP contribution >= 0.6 is 0 Å². The van der Waals surface area contributed by atoms with Crippen LogP contribution in [-0.2, 0) is 19.1 Å². The molecule has 0 unspecified atom stereocenters. The molecule has 0 radical (unpaired) electrons. The molecule has 34 heavy (non-hydrogen) atoms. The quantitative estimate of drug-likeness (QED) is 0.444. The first-order valence-electron chi connectivity index (χ1n) is 10.8. The lowest BCUT2D eigenvalue weighted by atomic mass is 10.0. The molecule has 0 bridgehead atoms. The molecule has 174 valence electrons. The molecule has 5 heterocycles. The number of anilines is 1. The van der Waals surface area contributed by atoms with Gasteiger partial charge in [-0.1, -0.05) is 6.07 Å². The summed E-state index contributed by atoms with van der Waals surface area (Å²) in [6.07, 6.45) is -0.373. The lowest BCUT2D eigenvalue weighted by Gasteiger charge is -2.31. The van der Waals surface area contributed by atoms with Gasteiger partial charge in [0.15, 0.2) is 17.2 Å². The molecule has 1 aliphatic heterocycles. The van der Waals surface area contributed by atoms with Gasteiger partial charge in [-0.15, -0.1) is 5.10 Å². The smallest absolute Gasteiger partial charge is 0.350 e. The van der Waals surface area contributed by atoms with Crippen molar-refractivity contribution in [1.29, 1.82) is 0 Å². The second-order valence-corrected chi connectivity index (χ2v) is 8.48. The topological polar surface area (TPSA) is 76.3 Å². The van der Waals surface area contributed by atoms with Crippen molar-refractivity contribution in [3.8, 4) is 11.1 Å². The van der Waals surface area contributed by atoms with E-state index in [0.29, 0.717) is 42.5 Å². The summed E-state index contributed by atoms with van der Waals surface area (Å²) >= 11 is 0. The lowest BCUT2D eigenvalue weighted by molar-refractivity contribution is -0.141. The molecule has 1 aliphatic rings. The Hall–Kier alpha value is -3.82. The number of nitrogens with zero attached hydrogens (tertiary/aromatic N) is 6. The molecule has 0 N–H and O–H groups in total. The van der Waals surface area contributed by atoms with Gasteiger partial charge in [0.05, 0.1) is 0 Å². The van der Waals surface area contributed by atoms with Crippen molar-refractivity contribution in [2.75, 3.05) is 11.4 Å². The van der Waals surface area contributed by atoms with Gasteiger partial charge in [-0.05, 0) is 38.5 Å². The fourth-order valence-electron chi connectivity index (χ4n) is 4.17. The summed E-state index contributed by atoms with van der Waals surface area (Å²) < 4.78 is 40.4. The summed E-state index contributed by atoms with van der Waals surface area (Å²) in [5, 5.41) is 4.42. The SMILES string of the molecule is Cc1ccc(-c2cnc3c(c2)CN(c2nn4c(=O)cc(C(F)(F)F)nc4c(C)c2C)CC3)cn1. The predicted octanol–water partition coefficient (Wildman–Crippen LogP) is 4.05. The molecule has 0 fully saturated rings. The summed E-state index contributed by atoms with van der Waals surface area (Å²) in [6.45, 7) is 6.50. The molecular formula is C24H21F3N6O. The Balaban J connectivity index is 1.55. The molecule has 0 spiro atoms. The molecule has 0 saturated carbocycles. The third kappa shape index (κ3) is 3.78. The molecule has 0 atom stereocenters. The largest absolute Gasteiger partial charge is 0.433 e. The Kier molecular flexibility index (Phi) is 5.11. The first-order chi connectivity index (χ1) is 16.1. The average molecular weight is 466 g/mol. The van der Waals surface area contributed by atoms with Crippen molar-refractivity contribution >= 4 is 11.5 Å². The third-order valence-corrected chi connectivity index (χ3v) is 6.20. The lowest BCUT2D eigenvalue weighted by Crippen LogP contribution is -2.34. The van der Waals surface area contributed by atoms with E-state index < -0.39 is 17.4 Å². The fraction of sp³-hybridized carbons (Fsp3) is 0.292. The van der Waals surface area contributed by atoms with Crippen molar-refractivity contribution in [2.24, 2.45) is 0 Å². The van der Waals surface area contributed by atoms with E-state index in [-0.39, 0.29) is 5.65 Å². The number of fused-ring (bicyclic) bond motifs is 2. The van der Waals surface area contributed by atoms with E-state index in [2.05, 4.69) is 26.1 Å². The van der Waals surface area contributed by atoms with Crippen molar-refractivity contribution in [2.45, 2.75) is 39.9 Å². The van der Waals surface area contributed by atoms with E-state index in [4.69, 9.17) is 0 Å². The van der Waals surface area contributed by atoms with Gasteiger partial charge in [-0.3, -0.25) is 14.8 Å². The monoisotopic (exact) mass is 466 g/mol. The number of halogens is 3. The van der Waals surface area contributed by atoms with Crippen LogP contribution in [0.1, 0.15) is 33.8 Å². The summed E-state index contributed by atoms with van der Waals surface area (Å²) in [6, 6.07) is 6.50. The number of aromatic nitrogens is 5. The molecule has 4 aromatic rings. The minimum atomic E-state index is -4.71. The number of aryl methyl sites for hydroxylation is 2. The summed E-state index contributed by atoms with van der Waals surface area (Å²) in [7, 11) is 0. The summed E-state index contributed by atoms with van der Waals surface area (Å²) in [5.41, 5.74) is 3.86. The van der Waals surface area contributed by atoms with Crippen LogP contribution in [0, 0.1) is 20.8 Å². The van der Waals surface area contributed by atoms with E-state index in [1.807, 2.05) is 36.4 Å². The predicted molar refractivity (Wildman–Crippen MR) is 121 cm³/mol. The van der Waals surface area contributed by atoms with Gasteiger partial charge >= 0.3 is 6.18 Å². The Morgan fingerprint density at radius 2 is 1.74 bits per heavy atom. The van der Waals surface area contributed by atoms with E-state index in [0.717, 1.165) is 32.6 Å². The summed E-state index contributed by atoms with van der Waals surface area (Å²) in [4.78, 5) is 27.2. The minimum absolute atomic E-state index is 0.0886. The number of hydrogen-bond donors (Lipinski definition) is 0. The Morgan fingerprint density at radius 3 is 2.44 bits per heavy atom. The highest BCUT2D eigenvalue weighted by atomic mass is 19.4. The maximum Gasteiger partial charge on any atom is 0.433 e. The van der Waals surface area contributed by atoms with Crippen molar-refractivity contribution in [3.63, 3.8) is 0 Å². The molecular weight excluding hydrogens is 445 g/mol. The molecule has 5 rings (SSSR count). The number of alkyl halides is 3. The molecule has 0 amide bonds. The van der Waals surface area contributed by atoms with Gasteiger partial charge in [0.2, 0.25) is 0 Å². The van der Waals surface area contributed by atoms with Gasteiger partial charge in [0.25, 0.3) is 5.56 Å². The zero-order valence-electron chi connectivity index (χ0n) is 18.8. The van der Waals surface area contributed by atoms with Crippen LogP contribution in [0.4, 0.5) is 19.0 Å². The van der Waals surface area contributed by atoms with Gasteiger partial charge < -0.3 is 4.90 Å². The van der Waals surface area contributed by atoms with Gasteiger partial charge in [-0.25, -0.2) is 4.98 Å². The van der Waals surface area contributed by atoms with Crippen LogP contribution in [-0.4, -0.2) is 31.1 Å². The fourth-order valence-corrected chi connectivity index (χ4v) is 4.17. The highest BCUT2D eigenvalue weighted by Crippen LogP contribution is 2.31. The molecule has 4 aromatic heterocycles. The van der Waals surface area contributed by atoms with Crippen LogP contribution in [0.15, 0.2) is 41.5 Å². The van der Waals surface area contributed by atoms with Crippen molar-refractivity contribution in [3.05, 3.63) is 80.8 Å². The van der Waals surface area contributed by atoms with E-state index >= 15 is 0 Å². The molecule has 0 saturated heterocycles. The van der Waals surface area contributed by atoms with Gasteiger partial charge in [0, 0.05) is 71.6 Å². The highest BCUT2D eigenvalue weighted by molar-refractivity contribution is 5.64. The second-order valence-electron chi connectivity index (χ2n) is 8.48. The first-order valence-corrected chi connectivity index (χ1v) is 10.8. The average Bonchev–Trinajstić information content (AvgIpc) is 2.80. The maximum atomic E-state index is 13.2. The summed E-state index contributed by atoms with van der Waals surface area (Å²) in [5.74, 6) is 0.543. The minimum Gasteiger partial charge on any atom is -0.350 e. The van der Waals surface area contributed by atoms with Gasteiger partial charge in [0.1, 0.15) is 0 Å².